The Morgan fingerprint density at radius 1 is 0.871 bits per heavy atom. The number of methoxy groups -OCH3 is 1. The van der Waals surface area contributed by atoms with Gasteiger partial charge in [0, 0.05) is 23.1 Å². The van der Waals surface area contributed by atoms with Gasteiger partial charge >= 0.3 is 0 Å². The molecule has 6 heteroatoms. The first kappa shape index (κ1) is 18.8. The van der Waals surface area contributed by atoms with Gasteiger partial charge in [-0.15, -0.1) is 0 Å². The Hall–Kier alpha value is -4.19. The van der Waals surface area contributed by atoms with Crippen molar-refractivity contribution in [2.45, 2.75) is 0 Å². The summed E-state index contributed by atoms with van der Waals surface area (Å²) in [4.78, 5) is 9.08. The molecule has 5 aromatic rings. The number of nitrogens with zero attached hydrogens (tertiary/aromatic N) is 3. The Labute approximate surface area is 178 Å². The largest absolute Gasteiger partial charge is 0.497 e. The topological polar surface area (TPSA) is 52.0 Å². The lowest BCUT2D eigenvalue weighted by Gasteiger charge is -2.09. The van der Waals surface area contributed by atoms with Gasteiger partial charge in [0.15, 0.2) is 5.65 Å². The minimum Gasteiger partial charge on any atom is -0.497 e. The van der Waals surface area contributed by atoms with Gasteiger partial charge in [0.2, 0.25) is 0 Å². The van der Waals surface area contributed by atoms with E-state index in [-0.39, 0.29) is 5.82 Å². The summed E-state index contributed by atoms with van der Waals surface area (Å²) in [5.41, 5.74) is 4.52. The van der Waals surface area contributed by atoms with Gasteiger partial charge in [0.1, 0.15) is 23.7 Å². The average molecular weight is 410 g/mol. The number of nitrogens with one attached hydrogen (secondary N) is 1. The molecular weight excluding hydrogens is 391 g/mol. The molecule has 0 aliphatic heterocycles. The van der Waals surface area contributed by atoms with E-state index in [2.05, 4.69) is 33.6 Å². The van der Waals surface area contributed by atoms with Gasteiger partial charge in [0.05, 0.1) is 12.5 Å². The molecule has 0 aliphatic carbocycles. The summed E-state index contributed by atoms with van der Waals surface area (Å²) in [7, 11) is 1.65. The molecule has 0 spiro atoms. The molecule has 0 aliphatic rings. The Morgan fingerprint density at radius 3 is 2.32 bits per heavy atom. The second kappa shape index (κ2) is 7.91. The summed E-state index contributed by atoms with van der Waals surface area (Å²) in [5, 5.41) is 4.20. The van der Waals surface area contributed by atoms with Crippen LogP contribution in [0.1, 0.15) is 0 Å². The third kappa shape index (κ3) is 3.59. The van der Waals surface area contributed by atoms with Crippen molar-refractivity contribution < 1.29 is 9.13 Å². The van der Waals surface area contributed by atoms with Crippen LogP contribution in [0.2, 0.25) is 0 Å². The van der Waals surface area contributed by atoms with Crippen molar-refractivity contribution in [2.24, 2.45) is 0 Å². The summed E-state index contributed by atoms with van der Waals surface area (Å²) in [6.45, 7) is 0. The van der Waals surface area contributed by atoms with Crippen LogP contribution in [-0.2, 0) is 0 Å². The molecule has 0 bridgehead atoms. The molecule has 0 fully saturated rings. The van der Waals surface area contributed by atoms with E-state index < -0.39 is 0 Å². The summed E-state index contributed by atoms with van der Waals surface area (Å²) < 4.78 is 20.7. The fourth-order valence-electron chi connectivity index (χ4n) is 3.60. The number of hydrogen-bond donors (Lipinski definition) is 1. The quantitative estimate of drug-likeness (QED) is 0.387. The van der Waals surface area contributed by atoms with E-state index >= 15 is 0 Å². The summed E-state index contributed by atoms with van der Waals surface area (Å²) >= 11 is 0. The fraction of sp³-hybridized carbons (Fsp3) is 0.0400. The van der Waals surface area contributed by atoms with E-state index in [9.17, 15) is 4.39 Å². The molecule has 0 atom stereocenters. The highest BCUT2D eigenvalue weighted by atomic mass is 19.1. The third-order valence-electron chi connectivity index (χ3n) is 5.13. The maximum Gasteiger partial charge on any atom is 0.150 e. The number of halogens is 1. The predicted molar refractivity (Wildman–Crippen MR) is 121 cm³/mol. The second-order valence-corrected chi connectivity index (χ2v) is 7.03. The molecule has 0 saturated carbocycles. The molecular formula is C25H19FN4O. The number of aromatic nitrogens is 3. The van der Waals surface area contributed by atoms with Crippen LogP contribution in [-0.4, -0.2) is 21.6 Å². The first-order chi connectivity index (χ1) is 15.2. The first-order valence-corrected chi connectivity index (χ1v) is 9.81. The van der Waals surface area contributed by atoms with Gasteiger partial charge in [-0.1, -0.05) is 30.3 Å². The minimum atomic E-state index is -0.283. The van der Waals surface area contributed by atoms with E-state index in [1.165, 1.54) is 18.5 Å². The predicted octanol–water partition coefficient (Wildman–Crippen LogP) is 5.98. The monoisotopic (exact) mass is 410 g/mol. The van der Waals surface area contributed by atoms with E-state index in [4.69, 9.17) is 4.74 Å². The normalized spacial score (nSPS) is 10.9. The van der Waals surface area contributed by atoms with E-state index in [0.717, 1.165) is 39.3 Å². The summed E-state index contributed by atoms with van der Waals surface area (Å²) in [6, 6.07) is 24.1. The lowest BCUT2D eigenvalue weighted by Crippen LogP contribution is -1.98. The zero-order valence-electron chi connectivity index (χ0n) is 16.8. The number of ether oxygens (including phenoxy) is 1. The number of hydrogen-bond acceptors (Lipinski definition) is 4. The maximum absolute atomic E-state index is 13.3. The molecule has 5 rings (SSSR count). The fourth-order valence-corrected chi connectivity index (χ4v) is 3.60. The highest BCUT2D eigenvalue weighted by Gasteiger charge is 2.17. The van der Waals surface area contributed by atoms with Gasteiger partial charge in [-0.2, -0.15) is 0 Å². The molecule has 2 heterocycles. The molecule has 0 saturated heterocycles. The molecule has 0 unspecified atom stereocenters. The molecule has 0 radical (unpaired) electrons. The van der Waals surface area contributed by atoms with E-state index in [0.29, 0.717) is 5.82 Å². The van der Waals surface area contributed by atoms with Crippen molar-refractivity contribution in [3.8, 4) is 22.6 Å². The molecule has 152 valence electrons. The minimum absolute atomic E-state index is 0.283. The highest BCUT2D eigenvalue weighted by Crippen LogP contribution is 2.36. The van der Waals surface area contributed by atoms with Gasteiger partial charge in [-0.05, 0) is 54.1 Å². The lowest BCUT2D eigenvalue weighted by atomic mass is 10.1. The number of fused-ring (bicyclic) bond motifs is 1. The lowest BCUT2D eigenvalue weighted by molar-refractivity contribution is 0.415. The standard InChI is InChI=1S/C25H19FN4O/c1-31-21-13-11-20(12-14-21)30-15-22(17-5-3-2-4-6-17)23-24(27-16-28-25(23)30)29-19-9-7-18(26)8-10-19/h2-16H,1H3,(H,27,28,29). The van der Waals surface area contributed by atoms with Crippen molar-refractivity contribution in [2.75, 3.05) is 12.4 Å². The second-order valence-electron chi connectivity index (χ2n) is 7.03. The van der Waals surface area contributed by atoms with Crippen molar-refractivity contribution in [3.63, 3.8) is 0 Å². The van der Waals surface area contributed by atoms with E-state index in [1.807, 2.05) is 47.0 Å². The summed E-state index contributed by atoms with van der Waals surface area (Å²) in [5.74, 6) is 1.16. The average Bonchev–Trinajstić information content (AvgIpc) is 3.22. The third-order valence-corrected chi connectivity index (χ3v) is 5.13. The zero-order valence-corrected chi connectivity index (χ0v) is 16.8. The van der Waals surface area contributed by atoms with Crippen molar-refractivity contribution in [1.82, 2.24) is 14.5 Å². The van der Waals surface area contributed by atoms with Crippen molar-refractivity contribution >= 4 is 22.5 Å². The van der Waals surface area contributed by atoms with Gasteiger partial charge in [-0.3, -0.25) is 0 Å². The van der Waals surface area contributed by atoms with Crippen LogP contribution in [0.15, 0.2) is 91.4 Å². The molecule has 0 amide bonds. The van der Waals surface area contributed by atoms with Crippen LogP contribution in [0.5, 0.6) is 5.75 Å². The Balaban J connectivity index is 1.71. The van der Waals surface area contributed by atoms with Crippen LogP contribution in [0.4, 0.5) is 15.9 Å². The summed E-state index contributed by atoms with van der Waals surface area (Å²) in [6.07, 6.45) is 3.59. The highest BCUT2D eigenvalue weighted by molar-refractivity contribution is 6.03. The number of rotatable bonds is 5. The Kier molecular flexibility index (Phi) is 4.80. The smallest absolute Gasteiger partial charge is 0.150 e. The Bertz CT molecular complexity index is 1330. The molecule has 2 aromatic heterocycles. The van der Waals surface area contributed by atoms with Crippen LogP contribution < -0.4 is 10.1 Å². The molecule has 1 N–H and O–H groups in total. The van der Waals surface area contributed by atoms with Crippen LogP contribution in [0, 0.1) is 5.82 Å². The first-order valence-electron chi connectivity index (χ1n) is 9.81. The molecule has 31 heavy (non-hydrogen) atoms. The van der Waals surface area contributed by atoms with E-state index in [1.54, 1.807) is 19.2 Å². The number of anilines is 2. The molecule has 3 aromatic carbocycles. The Morgan fingerprint density at radius 2 is 1.61 bits per heavy atom. The van der Waals surface area contributed by atoms with Crippen LogP contribution in [0.25, 0.3) is 27.8 Å². The van der Waals surface area contributed by atoms with Gasteiger partial charge in [0.25, 0.3) is 0 Å². The molecule has 5 nitrogen and oxygen atoms in total. The van der Waals surface area contributed by atoms with Crippen LogP contribution in [0.3, 0.4) is 0 Å². The van der Waals surface area contributed by atoms with Crippen molar-refractivity contribution in [3.05, 3.63) is 97.2 Å². The van der Waals surface area contributed by atoms with Gasteiger partial charge in [-0.25, -0.2) is 14.4 Å². The van der Waals surface area contributed by atoms with Crippen LogP contribution >= 0.6 is 0 Å². The SMILES string of the molecule is COc1ccc(-n2cc(-c3ccccc3)c3c(Nc4ccc(F)cc4)ncnc32)cc1. The zero-order chi connectivity index (χ0) is 21.2. The number of benzene rings is 3. The van der Waals surface area contributed by atoms with Crippen molar-refractivity contribution in [1.29, 1.82) is 0 Å². The van der Waals surface area contributed by atoms with Gasteiger partial charge < -0.3 is 14.6 Å². The maximum atomic E-state index is 13.3.